The number of hydrogen-bond acceptors (Lipinski definition) is 6. The van der Waals surface area contributed by atoms with Gasteiger partial charge in [0.25, 0.3) is 5.56 Å². The van der Waals surface area contributed by atoms with Gasteiger partial charge in [-0.05, 0) is 12.9 Å². The quantitative estimate of drug-likeness (QED) is 0.496. The minimum absolute atomic E-state index is 0.0291. The number of rotatable bonds is 3. The second kappa shape index (κ2) is 5.22. The molecule has 1 aliphatic rings. The average Bonchev–Trinajstić information content (AvgIpc) is 2.66. The van der Waals surface area contributed by atoms with Crippen molar-refractivity contribution in [3.63, 3.8) is 0 Å². The van der Waals surface area contributed by atoms with Crippen molar-refractivity contribution in [3.8, 4) is 0 Å². The van der Waals surface area contributed by atoms with E-state index in [2.05, 4.69) is 17.1 Å². The lowest BCUT2D eigenvalue weighted by molar-refractivity contribution is -0.0379. The molecule has 0 amide bonds. The average molecular weight is 278 g/mol. The van der Waals surface area contributed by atoms with E-state index < -0.39 is 35.5 Å². The molecule has 100 valence electrons. The summed E-state index contributed by atoms with van der Waals surface area (Å²) < 4.78 is 23.9. The Labute approximate surface area is 106 Å². The summed E-state index contributed by atoms with van der Waals surface area (Å²) in [6, 6.07) is 0. The monoisotopic (exact) mass is 278 g/mol. The molecule has 0 bridgehead atoms. The summed E-state index contributed by atoms with van der Waals surface area (Å²) in [7, 11) is 0. The van der Waals surface area contributed by atoms with Crippen molar-refractivity contribution < 1.29 is 18.4 Å². The zero-order valence-corrected chi connectivity index (χ0v) is 9.97. The number of H-pyrrole nitrogens is 1. The fourth-order valence-corrected chi connectivity index (χ4v) is 1.93. The summed E-state index contributed by atoms with van der Waals surface area (Å²) in [4.78, 5) is 24.2. The van der Waals surface area contributed by atoms with Crippen LogP contribution in [-0.4, -0.2) is 33.5 Å². The van der Waals surface area contributed by atoms with E-state index in [0.717, 1.165) is 10.8 Å². The van der Waals surface area contributed by atoms with E-state index in [1.165, 1.54) is 0 Å². The highest BCUT2D eigenvalue weighted by atomic mass is 32.1. The fourth-order valence-electron chi connectivity index (χ4n) is 1.78. The first-order chi connectivity index (χ1) is 8.52. The topological polar surface area (TPSA) is 93.6 Å². The molecule has 2 N–H and O–H groups in total. The van der Waals surface area contributed by atoms with Crippen molar-refractivity contribution in [2.24, 2.45) is 0 Å². The minimum Gasteiger partial charge on any atom is -0.390 e. The number of ether oxygens (including phenoxy) is 1. The third-order valence-electron chi connectivity index (χ3n) is 2.68. The summed E-state index contributed by atoms with van der Waals surface area (Å²) in [5, 5.41) is 9.65. The van der Waals surface area contributed by atoms with E-state index in [0.29, 0.717) is 0 Å². The van der Waals surface area contributed by atoms with Crippen molar-refractivity contribution in [1.82, 2.24) is 9.55 Å². The van der Waals surface area contributed by atoms with Crippen LogP contribution >= 0.6 is 12.9 Å². The SMILES string of the molecule is O=c1[nH]c(=O)n([C@H]2C[C@H](O)[C@@H](COS)O2)cc1F. The first-order valence-corrected chi connectivity index (χ1v) is 5.50. The van der Waals surface area contributed by atoms with Crippen LogP contribution in [0.5, 0.6) is 0 Å². The van der Waals surface area contributed by atoms with E-state index in [1.54, 1.807) is 0 Å². The molecule has 0 aromatic carbocycles. The first kappa shape index (κ1) is 13.3. The third-order valence-corrected chi connectivity index (χ3v) is 2.83. The van der Waals surface area contributed by atoms with E-state index in [9.17, 15) is 19.1 Å². The van der Waals surface area contributed by atoms with Gasteiger partial charge in [0.1, 0.15) is 12.3 Å². The summed E-state index contributed by atoms with van der Waals surface area (Å²) in [5.41, 5.74) is -1.89. The number of aromatic nitrogens is 2. The van der Waals surface area contributed by atoms with Crippen molar-refractivity contribution in [1.29, 1.82) is 0 Å². The molecule has 1 aliphatic heterocycles. The van der Waals surface area contributed by atoms with Crippen LogP contribution in [0, 0.1) is 5.82 Å². The molecule has 9 heteroatoms. The highest BCUT2D eigenvalue weighted by Crippen LogP contribution is 2.27. The molecule has 1 fully saturated rings. The molecule has 2 rings (SSSR count). The van der Waals surface area contributed by atoms with Crippen LogP contribution in [-0.2, 0) is 8.92 Å². The molecular weight excluding hydrogens is 267 g/mol. The fraction of sp³-hybridized carbons (Fsp3) is 0.556. The Hall–Kier alpha value is -1.16. The van der Waals surface area contributed by atoms with Crippen LogP contribution in [0.4, 0.5) is 4.39 Å². The maximum atomic E-state index is 13.1. The lowest BCUT2D eigenvalue weighted by Crippen LogP contribution is -2.34. The van der Waals surface area contributed by atoms with Gasteiger partial charge in [0.05, 0.1) is 18.9 Å². The molecule has 18 heavy (non-hydrogen) atoms. The normalized spacial score (nSPS) is 27.6. The van der Waals surface area contributed by atoms with Crippen LogP contribution in [0.3, 0.4) is 0 Å². The molecule has 1 aromatic heterocycles. The highest BCUT2D eigenvalue weighted by molar-refractivity contribution is 7.75. The maximum absolute atomic E-state index is 13.1. The molecule has 0 aliphatic carbocycles. The summed E-state index contributed by atoms with van der Waals surface area (Å²) in [5.74, 6) is -1.10. The van der Waals surface area contributed by atoms with Gasteiger partial charge < -0.3 is 14.0 Å². The zero-order chi connectivity index (χ0) is 13.3. The number of aliphatic hydroxyl groups excluding tert-OH is 1. The number of thiol groups is 1. The molecule has 0 radical (unpaired) electrons. The van der Waals surface area contributed by atoms with Crippen molar-refractivity contribution in [2.75, 3.05) is 6.61 Å². The second-order valence-corrected chi connectivity index (χ2v) is 4.13. The van der Waals surface area contributed by atoms with Gasteiger partial charge in [0, 0.05) is 6.42 Å². The molecule has 0 unspecified atom stereocenters. The van der Waals surface area contributed by atoms with E-state index in [-0.39, 0.29) is 13.0 Å². The van der Waals surface area contributed by atoms with Gasteiger partial charge in [0.15, 0.2) is 0 Å². The number of hydrogen-bond donors (Lipinski definition) is 3. The number of nitrogens with zero attached hydrogens (tertiary/aromatic N) is 1. The Morgan fingerprint density at radius 2 is 2.39 bits per heavy atom. The molecule has 1 saturated heterocycles. The van der Waals surface area contributed by atoms with E-state index >= 15 is 0 Å². The molecular formula is C9H11FN2O5S. The van der Waals surface area contributed by atoms with E-state index in [4.69, 9.17) is 4.74 Å². The largest absolute Gasteiger partial charge is 0.390 e. The van der Waals surface area contributed by atoms with Crippen LogP contribution in [0.15, 0.2) is 15.8 Å². The van der Waals surface area contributed by atoms with Crippen molar-refractivity contribution >= 4 is 12.9 Å². The highest BCUT2D eigenvalue weighted by Gasteiger charge is 2.35. The maximum Gasteiger partial charge on any atom is 0.330 e. The van der Waals surface area contributed by atoms with Gasteiger partial charge in [-0.3, -0.25) is 14.3 Å². The lowest BCUT2D eigenvalue weighted by Gasteiger charge is -2.14. The predicted molar refractivity (Wildman–Crippen MR) is 60.8 cm³/mol. The minimum atomic E-state index is -1.10. The Bertz CT molecular complexity index is 544. The molecule has 1 aromatic rings. The van der Waals surface area contributed by atoms with Gasteiger partial charge in [0.2, 0.25) is 5.82 Å². The summed E-state index contributed by atoms with van der Waals surface area (Å²) >= 11 is 3.54. The van der Waals surface area contributed by atoms with Gasteiger partial charge >= 0.3 is 5.69 Å². The number of aliphatic hydroxyl groups is 1. The smallest absolute Gasteiger partial charge is 0.330 e. The molecule has 2 heterocycles. The van der Waals surface area contributed by atoms with E-state index in [1.807, 2.05) is 4.98 Å². The van der Waals surface area contributed by atoms with Gasteiger partial charge in [-0.15, -0.1) is 0 Å². The molecule has 7 nitrogen and oxygen atoms in total. The van der Waals surface area contributed by atoms with Gasteiger partial charge in [-0.25, -0.2) is 4.79 Å². The Morgan fingerprint density at radius 3 is 3.06 bits per heavy atom. The number of halogens is 1. The third kappa shape index (κ3) is 2.48. The number of aromatic amines is 1. The second-order valence-electron chi connectivity index (χ2n) is 3.87. The Kier molecular flexibility index (Phi) is 3.85. The van der Waals surface area contributed by atoms with Crippen LogP contribution < -0.4 is 11.2 Å². The Morgan fingerprint density at radius 1 is 1.67 bits per heavy atom. The van der Waals surface area contributed by atoms with Crippen molar-refractivity contribution in [2.45, 2.75) is 24.9 Å². The number of nitrogens with one attached hydrogen (secondary N) is 1. The Balaban J connectivity index is 2.26. The van der Waals surface area contributed by atoms with Gasteiger partial charge in [-0.1, -0.05) is 0 Å². The predicted octanol–water partition coefficient (Wildman–Crippen LogP) is -0.815. The van der Waals surface area contributed by atoms with Crippen LogP contribution in [0.2, 0.25) is 0 Å². The lowest BCUT2D eigenvalue weighted by atomic mass is 10.2. The van der Waals surface area contributed by atoms with Crippen LogP contribution in [0.25, 0.3) is 0 Å². The molecule has 0 spiro atoms. The van der Waals surface area contributed by atoms with Crippen LogP contribution in [0.1, 0.15) is 12.6 Å². The standard InChI is InChI=1S/C9H11FN2O5S/c10-4-2-12(9(15)11-8(4)14)7-1-5(13)6(17-7)3-16-18/h2,5-7,13,18H,1,3H2,(H,11,14,15)/t5-,6+,7+/m0/s1. The zero-order valence-electron chi connectivity index (χ0n) is 9.08. The van der Waals surface area contributed by atoms with Gasteiger partial charge in [-0.2, -0.15) is 4.39 Å². The molecule has 3 atom stereocenters. The summed E-state index contributed by atoms with van der Waals surface area (Å²) in [6.45, 7) is 0.0291. The molecule has 0 saturated carbocycles. The first-order valence-electron chi connectivity index (χ1n) is 5.13. The van der Waals surface area contributed by atoms with Crippen molar-refractivity contribution in [3.05, 3.63) is 32.9 Å². The summed E-state index contributed by atoms with van der Waals surface area (Å²) in [6.07, 6.45) is -1.53.